The molecule has 5 heteroatoms. The number of hydrogen-bond acceptors (Lipinski definition) is 3. The molecule has 4 nitrogen and oxygen atoms in total. The van der Waals surface area contributed by atoms with Crippen LogP contribution < -0.4 is 10.3 Å². The van der Waals surface area contributed by atoms with E-state index >= 15 is 0 Å². The molecule has 0 N–H and O–H groups in total. The van der Waals surface area contributed by atoms with Gasteiger partial charge in [0.25, 0.3) is 5.56 Å². The highest BCUT2D eigenvalue weighted by Gasteiger charge is 2.21. The Bertz CT molecular complexity index is 1220. The van der Waals surface area contributed by atoms with Crippen molar-refractivity contribution >= 4 is 22.5 Å². The average Bonchev–Trinajstić information content (AvgIpc) is 2.73. The summed E-state index contributed by atoms with van der Waals surface area (Å²) in [7, 11) is 1.63. The molecule has 0 spiro atoms. The third-order valence-electron chi connectivity index (χ3n) is 4.90. The Kier molecular flexibility index (Phi) is 4.88. The molecular weight excluding hydrogens is 372 g/mol. The van der Waals surface area contributed by atoms with E-state index in [1.165, 1.54) is 0 Å². The van der Waals surface area contributed by atoms with Crippen LogP contribution in [0.1, 0.15) is 18.5 Å². The quantitative estimate of drug-likeness (QED) is 0.472. The van der Waals surface area contributed by atoms with Crippen molar-refractivity contribution in [2.24, 2.45) is 0 Å². The second-order valence-corrected chi connectivity index (χ2v) is 6.93. The molecule has 4 rings (SSSR count). The second-order valence-electron chi connectivity index (χ2n) is 6.53. The lowest BCUT2D eigenvalue weighted by atomic mass is 10.1. The van der Waals surface area contributed by atoms with Crippen LogP contribution in [0, 0.1) is 0 Å². The molecule has 1 heterocycles. The molecule has 28 heavy (non-hydrogen) atoms. The maximum Gasteiger partial charge on any atom is 0.262 e. The number of rotatable bonds is 4. The number of hydrogen-bond donors (Lipinski definition) is 0. The number of aromatic nitrogens is 2. The minimum atomic E-state index is -0.299. The van der Waals surface area contributed by atoms with E-state index in [2.05, 4.69) is 0 Å². The van der Waals surface area contributed by atoms with Gasteiger partial charge in [-0.3, -0.25) is 9.36 Å². The molecular formula is C23H19ClN2O2. The first-order valence-electron chi connectivity index (χ1n) is 9.01. The zero-order chi connectivity index (χ0) is 19.7. The summed E-state index contributed by atoms with van der Waals surface area (Å²) in [5, 5.41) is 1.12. The van der Waals surface area contributed by atoms with Crippen LogP contribution in [0.4, 0.5) is 0 Å². The average molecular weight is 391 g/mol. The molecule has 3 aromatic carbocycles. The molecule has 1 unspecified atom stereocenters. The Balaban J connectivity index is 2.06. The Morgan fingerprint density at radius 3 is 2.43 bits per heavy atom. The topological polar surface area (TPSA) is 44.1 Å². The fourth-order valence-corrected chi connectivity index (χ4v) is 3.71. The summed E-state index contributed by atoms with van der Waals surface area (Å²) >= 11 is 6.46. The fraction of sp³-hybridized carbons (Fsp3) is 0.130. The van der Waals surface area contributed by atoms with Crippen LogP contribution >= 0.6 is 11.6 Å². The zero-order valence-electron chi connectivity index (χ0n) is 15.6. The first-order valence-corrected chi connectivity index (χ1v) is 9.38. The first-order chi connectivity index (χ1) is 13.6. The van der Waals surface area contributed by atoms with E-state index in [0.717, 1.165) is 11.3 Å². The van der Waals surface area contributed by atoms with Crippen molar-refractivity contribution in [2.45, 2.75) is 13.0 Å². The van der Waals surface area contributed by atoms with Gasteiger partial charge in [0, 0.05) is 11.1 Å². The number of fused-ring (bicyclic) bond motifs is 1. The molecule has 1 aromatic heterocycles. The Hall–Kier alpha value is -3.11. The summed E-state index contributed by atoms with van der Waals surface area (Å²) in [6, 6.07) is 22.2. The van der Waals surface area contributed by atoms with Crippen molar-refractivity contribution in [3.05, 3.63) is 93.7 Å². The minimum absolute atomic E-state index is 0.112. The van der Waals surface area contributed by atoms with Gasteiger partial charge in [-0.25, -0.2) is 4.98 Å². The Labute approximate surface area is 168 Å². The highest BCUT2D eigenvalue weighted by atomic mass is 35.5. The van der Waals surface area contributed by atoms with Gasteiger partial charge >= 0.3 is 0 Å². The molecule has 0 aliphatic carbocycles. The molecule has 1 atom stereocenters. The SMILES string of the molecule is COc1ccccc1C(C)n1c(-c2ccccc2Cl)nc2ccccc2c1=O. The van der Waals surface area contributed by atoms with Crippen molar-refractivity contribution in [3.63, 3.8) is 0 Å². The number of para-hydroxylation sites is 2. The van der Waals surface area contributed by atoms with Crippen molar-refractivity contribution in [2.75, 3.05) is 7.11 Å². The lowest BCUT2D eigenvalue weighted by Gasteiger charge is -2.22. The van der Waals surface area contributed by atoms with Gasteiger partial charge in [0.05, 0.1) is 29.1 Å². The van der Waals surface area contributed by atoms with E-state index in [1.807, 2.05) is 67.6 Å². The summed E-state index contributed by atoms with van der Waals surface area (Å²) in [4.78, 5) is 18.3. The van der Waals surface area contributed by atoms with Gasteiger partial charge in [-0.05, 0) is 37.3 Å². The molecule has 0 fully saturated rings. The van der Waals surface area contributed by atoms with Gasteiger partial charge in [0.15, 0.2) is 0 Å². The Morgan fingerprint density at radius 2 is 1.64 bits per heavy atom. The van der Waals surface area contributed by atoms with E-state index in [1.54, 1.807) is 23.8 Å². The molecule has 0 bridgehead atoms. The normalized spacial score (nSPS) is 12.1. The van der Waals surface area contributed by atoms with Gasteiger partial charge in [-0.2, -0.15) is 0 Å². The van der Waals surface area contributed by atoms with Crippen molar-refractivity contribution < 1.29 is 4.74 Å². The maximum atomic E-state index is 13.5. The minimum Gasteiger partial charge on any atom is -0.496 e. The fourth-order valence-electron chi connectivity index (χ4n) is 3.49. The highest BCUT2D eigenvalue weighted by molar-refractivity contribution is 6.33. The zero-order valence-corrected chi connectivity index (χ0v) is 16.4. The van der Waals surface area contributed by atoms with Crippen LogP contribution in [0.5, 0.6) is 5.75 Å². The predicted octanol–water partition coefficient (Wildman–Crippen LogP) is 5.33. The van der Waals surface area contributed by atoms with Crippen LogP contribution in [0.3, 0.4) is 0 Å². The van der Waals surface area contributed by atoms with E-state index in [0.29, 0.717) is 27.3 Å². The van der Waals surface area contributed by atoms with E-state index in [4.69, 9.17) is 21.3 Å². The van der Waals surface area contributed by atoms with Gasteiger partial charge in [-0.1, -0.05) is 54.1 Å². The molecule has 0 radical (unpaired) electrons. The van der Waals surface area contributed by atoms with Gasteiger partial charge < -0.3 is 4.74 Å². The Morgan fingerprint density at radius 1 is 0.964 bits per heavy atom. The van der Waals surface area contributed by atoms with E-state index in [9.17, 15) is 4.79 Å². The largest absolute Gasteiger partial charge is 0.496 e. The highest BCUT2D eigenvalue weighted by Crippen LogP contribution is 2.32. The summed E-state index contributed by atoms with van der Waals surface area (Å²) in [6.07, 6.45) is 0. The third kappa shape index (κ3) is 3.06. The lowest BCUT2D eigenvalue weighted by molar-refractivity contribution is 0.403. The first kappa shape index (κ1) is 18.3. The summed E-state index contributed by atoms with van der Waals surface area (Å²) < 4.78 is 7.22. The number of ether oxygens (including phenoxy) is 1. The predicted molar refractivity (Wildman–Crippen MR) is 113 cm³/mol. The standard InChI is InChI=1S/C23H19ClN2O2/c1-15(16-9-5-8-14-21(16)28-2)26-22(17-10-3-6-12-19(17)24)25-20-13-7-4-11-18(20)23(26)27/h3-15H,1-2H3. The molecule has 0 saturated carbocycles. The number of benzene rings is 3. The number of methoxy groups -OCH3 is 1. The third-order valence-corrected chi connectivity index (χ3v) is 5.23. The molecule has 0 aliphatic rings. The van der Waals surface area contributed by atoms with Crippen molar-refractivity contribution in [1.82, 2.24) is 9.55 Å². The molecule has 0 amide bonds. The number of halogens is 1. The summed E-state index contributed by atoms with van der Waals surface area (Å²) in [6.45, 7) is 1.97. The van der Waals surface area contributed by atoms with Crippen LogP contribution in [0.15, 0.2) is 77.6 Å². The molecule has 4 aromatic rings. The van der Waals surface area contributed by atoms with Crippen LogP contribution in [0.25, 0.3) is 22.3 Å². The molecule has 140 valence electrons. The molecule has 0 aliphatic heterocycles. The van der Waals surface area contributed by atoms with Gasteiger partial charge in [-0.15, -0.1) is 0 Å². The van der Waals surface area contributed by atoms with Crippen LogP contribution in [0.2, 0.25) is 5.02 Å². The van der Waals surface area contributed by atoms with Crippen LogP contribution in [-0.2, 0) is 0 Å². The van der Waals surface area contributed by atoms with E-state index < -0.39 is 0 Å². The summed E-state index contributed by atoms with van der Waals surface area (Å²) in [5.74, 6) is 1.26. The van der Waals surface area contributed by atoms with Gasteiger partial charge in [0.2, 0.25) is 0 Å². The van der Waals surface area contributed by atoms with Crippen molar-refractivity contribution in [1.29, 1.82) is 0 Å². The molecule has 0 saturated heterocycles. The van der Waals surface area contributed by atoms with Gasteiger partial charge in [0.1, 0.15) is 11.6 Å². The monoisotopic (exact) mass is 390 g/mol. The van der Waals surface area contributed by atoms with E-state index in [-0.39, 0.29) is 11.6 Å². The summed E-state index contributed by atoms with van der Waals surface area (Å²) in [5.41, 5.74) is 2.15. The van der Waals surface area contributed by atoms with Crippen molar-refractivity contribution in [3.8, 4) is 17.1 Å². The maximum absolute atomic E-state index is 13.5. The second kappa shape index (κ2) is 7.49. The smallest absolute Gasteiger partial charge is 0.262 e. The number of nitrogens with zero attached hydrogens (tertiary/aromatic N) is 2. The lowest BCUT2D eigenvalue weighted by Crippen LogP contribution is -2.27. The van der Waals surface area contributed by atoms with Crippen LogP contribution in [-0.4, -0.2) is 16.7 Å².